The zero-order valence-corrected chi connectivity index (χ0v) is 11.4. The quantitative estimate of drug-likeness (QED) is 0.670. The van der Waals surface area contributed by atoms with E-state index in [0.717, 1.165) is 25.8 Å². The minimum atomic E-state index is -0.687. The Morgan fingerprint density at radius 3 is 2.89 bits per heavy atom. The third kappa shape index (κ3) is 2.71. The summed E-state index contributed by atoms with van der Waals surface area (Å²) in [5.41, 5.74) is 1.36. The number of hydrogen-bond acceptors (Lipinski definition) is 4. The average Bonchev–Trinajstić information content (AvgIpc) is 2.85. The zero-order chi connectivity index (χ0) is 14.0. The average molecular weight is 264 g/mol. The van der Waals surface area contributed by atoms with Gasteiger partial charge in [0.05, 0.1) is 11.0 Å². The predicted octanol–water partition coefficient (Wildman–Crippen LogP) is 3.03. The Hall–Kier alpha value is -1.62. The summed E-state index contributed by atoms with van der Waals surface area (Å²) < 4.78 is 0. The number of nitrogens with zero attached hydrogens (tertiary/aromatic N) is 2. The topological polar surface area (TPSA) is 66.6 Å². The fraction of sp³-hybridized carbons (Fsp3) is 0.571. The molecule has 2 atom stereocenters. The van der Waals surface area contributed by atoms with Gasteiger partial charge in [0.1, 0.15) is 5.69 Å². The van der Waals surface area contributed by atoms with E-state index in [1.54, 1.807) is 19.1 Å². The maximum atomic E-state index is 11.2. The number of nitro groups is 1. The fourth-order valence-corrected chi connectivity index (χ4v) is 2.77. The van der Waals surface area contributed by atoms with Gasteiger partial charge in [-0.1, -0.05) is 13.0 Å². The lowest BCUT2D eigenvalue weighted by Gasteiger charge is -2.25. The van der Waals surface area contributed by atoms with E-state index in [2.05, 4.69) is 11.8 Å². The van der Waals surface area contributed by atoms with Crippen molar-refractivity contribution < 1.29 is 10.0 Å². The molecule has 1 aromatic carbocycles. The van der Waals surface area contributed by atoms with Crippen LogP contribution in [0, 0.1) is 10.1 Å². The lowest BCUT2D eigenvalue weighted by Crippen LogP contribution is -2.29. The van der Waals surface area contributed by atoms with Crippen molar-refractivity contribution in [2.45, 2.75) is 45.3 Å². The van der Waals surface area contributed by atoms with Gasteiger partial charge >= 0.3 is 0 Å². The highest BCUT2D eigenvalue weighted by Crippen LogP contribution is 2.36. The first kappa shape index (κ1) is 13.8. The second-order valence-corrected chi connectivity index (χ2v) is 5.08. The van der Waals surface area contributed by atoms with Gasteiger partial charge in [0.2, 0.25) is 0 Å². The fourth-order valence-electron chi connectivity index (χ4n) is 2.77. The van der Waals surface area contributed by atoms with Gasteiger partial charge in [-0.15, -0.1) is 0 Å². The summed E-state index contributed by atoms with van der Waals surface area (Å²) in [6.07, 6.45) is 2.47. The normalized spacial score (nSPS) is 20.6. The van der Waals surface area contributed by atoms with Crippen molar-refractivity contribution in [3.05, 3.63) is 33.9 Å². The van der Waals surface area contributed by atoms with Crippen molar-refractivity contribution >= 4 is 11.4 Å². The van der Waals surface area contributed by atoms with Gasteiger partial charge in [0, 0.05) is 18.7 Å². The molecule has 1 aliphatic heterocycles. The largest absolute Gasteiger partial charge is 0.389 e. The third-order valence-electron chi connectivity index (χ3n) is 3.84. The number of aliphatic hydroxyl groups excluding tert-OH is 1. The molecule has 0 bridgehead atoms. The number of rotatable bonds is 4. The first-order valence-electron chi connectivity index (χ1n) is 6.77. The smallest absolute Gasteiger partial charge is 0.292 e. The molecule has 0 aliphatic carbocycles. The van der Waals surface area contributed by atoms with Crippen LogP contribution in [0.4, 0.5) is 11.4 Å². The SMILES string of the molecule is CCC1CCCN1c1ccc([C@H](C)O)cc1[N+](=O)[O-]. The van der Waals surface area contributed by atoms with Crippen molar-refractivity contribution in [3.63, 3.8) is 0 Å². The van der Waals surface area contributed by atoms with Crippen molar-refractivity contribution in [1.82, 2.24) is 0 Å². The van der Waals surface area contributed by atoms with Gasteiger partial charge in [-0.05, 0) is 37.8 Å². The summed E-state index contributed by atoms with van der Waals surface area (Å²) in [5, 5.41) is 20.8. The molecule has 0 radical (unpaired) electrons. The summed E-state index contributed by atoms with van der Waals surface area (Å²) in [6.45, 7) is 4.59. The molecule has 19 heavy (non-hydrogen) atoms. The van der Waals surface area contributed by atoms with E-state index in [0.29, 0.717) is 17.3 Å². The summed E-state index contributed by atoms with van der Waals surface area (Å²) in [4.78, 5) is 13.0. The van der Waals surface area contributed by atoms with Crippen LogP contribution in [0.15, 0.2) is 18.2 Å². The Bertz CT molecular complexity index is 474. The molecule has 0 saturated carbocycles. The first-order chi connectivity index (χ1) is 9.04. The molecule has 5 heteroatoms. The number of nitro benzene ring substituents is 1. The Morgan fingerprint density at radius 2 is 2.32 bits per heavy atom. The second kappa shape index (κ2) is 5.57. The predicted molar refractivity (Wildman–Crippen MR) is 74.4 cm³/mol. The molecule has 1 saturated heterocycles. The van der Waals surface area contributed by atoms with Crippen LogP contribution in [0.3, 0.4) is 0 Å². The van der Waals surface area contributed by atoms with Crippen LogP contribution >= 0.6 is 0 Å². The highest BCUT2D eigenvalue weighted by molar-refractivity contribution is 5.65. The van der Waals surface area contributed by atoms with Gasteiger partial charge in [0.15, 0.2) is 0 Å². The number of aliphatic hydroxyl groups is 1. The minimum Gasteiger partial charge on any atom is -0.389 e. The van der Waals surface area contributed by atoms with Crippen LogP contribution in [0.1, 0.15) is 44.8 Å². The van der Waals surface area contributed by atoms with Crippen LogP contribution in [-0.4, -0.2) is 22.6 Å². The van der Waals surface area contributed by atoms with Crippen LogP contribution in [-0.2, 0) is 0 Å². The monoisotopic (exact) mass is 264 g/mol. The summed E-state index contributed by atoms with van der Waals surface area (Å²) in [5.74, 6) is 0. The Morgan fingerprint density at radius 1 is 1.58 bits per heavy atom. The van der Waals surface area contributed by atoms with Gasteiger partial charge in [-0.25, -0.2) is 0 Å². The molecule has 0 aromatic heterocycles. The van der Waals surface area contributed by atoms with Gasteiger partial charge in [-0.3, -0.25) is 10.1 Å². The zero-order valence-electron chi connectivity index (χ0n) is 11.4. The molecule has 104 valence electrons. The molecule has 1 aliphatic rings. The van der Waals surface area contributed by atoms with Crippen molar-refractivity contribution in [3.8, 4) is 0 Å². The highest BCUT2D eigenvalue weighted by Gasteiger charge is 2.29. The Balaban J connectivity index is 2.42. The van der Waals surface area contributed by atoms with Gasteiger partial charge < -0.3 is 10.0 Å². The van der Waals surface area contributed by atoms with E-state index in [1.807, 2.05) is 0 Å². The van der Waals surface area contributed by atoms with Crippen LogP contribution in [0.25, 0.3) is 0 Å². The third-order valence-corrected chi connectivity index (χ3v) is 3.84. The highest BCUT2D eigenvalue weighted by atomic mass is 16.6. The molecule has 1 N–H and O–H groups in total. The number of hydrogen-bond donors (Lipinski definition) is 1. The van der Waals surface area contributed by atoms with E-state index in [-0.39, 0.29) is 10.6 Å². The van der Waals surface area contributed by atoms with Crippen LogP contribution in [0.2, 0.25) is 0 Å². The standard InChI is InChI=1S/C14H20N2O3/c1-3-12-5-4-8-15(12)13-7-6-11(10(2)17)9-14(13)16(18)19/h6-7,9-10,12,17H,3-5,8H2,1-2H3/t10-,12?/m0/s1. The molecule has 1 unspecified atom stereocenters. The maximum absolute atomic E-state index is 11.2. The van der Waals surface area contributed by atoms with Crippen molar-refractivity contribution in [2.75, 3.05) is 11.4 Å². The van der Waals surface area contributed by atoms with E-state index >= 15 is 0 Å². The van der Waals surface area contributed by atoms with Crippen molar-refractivity contribution in [1.29, 1.82) is 0 Å². The van der Waals surface area contributed by atoms with Crippen LogP contribution < -0.4 is 4.90 Å². The second-order valence-electron chi connectivity index (χ2n) is 5.08. The van der Waals surface area contributed by atoms with Crippen molar-refractivity contribution in [2.24, 2.45) is 0 Å². The Labute approximate surface area is 113 Å². The van der Waals surface area contributed by atoms with Gasteiger partial charge in [-0.2, -0.15) is 0 Å². The molecule has 1 aromatic rings. The molecular formula is C14H20N2O3. The molecule has 2 rings (SSSR count). The molecule has 0 spiro atoms. The Kier molecular flexibility index (Phi) is 4.04. The maximum Gasteiger partial charge on any atom is 0.292 e. The first-order valence-corrected chi connectivity index (χ1v) is 6.77. The summed E-state index contributed by atoms with van der Waals surface area (Å²) >= 11 is 0. The lowest BCUT2D eigenvalue weighted by atomic mass is 10.1. The number of benzene rings is 1. The summed E-state index contributed by atoms with van der Waals surface area (Å²) in [7, 11) is 0. The van der Waals surface area contributed by atoms with E-state index in [9.17, 15) is 15.2 Å². The van der Waals surface area contributed by atoms with Gasteiger partial charge in [0.25, 0.3) is 5.69 Å². The molecule has 1 heterocycles. The molecule has 5 nitrogen and oxygen atoms in total. The summed E-state index contributed by atoms with van der Waals surface area (Å²) in [6, 6.07) is 5.42. The minimum absolute atomic E-state index is 0.0961. The molecule has 1 fully saturated rings. The van der Waals surface area contributed by atoms with E-state index in [1.165, 1.54) is 6.07 Å². The van der Waals surface area contributed by atoms with Crippen LogP contribution in [0.5, 0.6) is 0 Å². The van der Waals surface area contributed by atoms with E-state index in [4.69, 9.17) is 0 Å². The van der Waals surface area contributed by atoms with E-state index < -0.39 is 6.10 Å². The molecular weight excluding hydrogens is 244 g/mol. The molecule has 0 amide bonds. The number of anilines is 1. The lowest BCUT2D eigenvalue weighted by molar-refractivity contribution is -0.384.